The lowest BCUT2D eigenvalue weighted by atomic mass is 10.1. The van der Waals surface area contributed by atoms with Crippen LogP contribution in [0, 0.1) is 0 Å². The number of hydrogen-bond acceptors (Lipinski definition) is 4. The Balaban J connectivity index is 2.11. The van der Waals surface area contributed by atoms with Crippen molar-refractivity contribution in [2.24, 2.45) is 0 Å². The van der Waals surface area contributed by atoms with Crippen molar-refractivity contribution in [3.8, 4) is 5.75 Å². The number of esters is 1. The third kappa shape index (κ3) is 3.51. The summed E-state index contributed by atoms with van der Waals surface area (Å²) in [6, 6.07) is 12.3. The first kappa shape index (κ1) is 14.4. The van der Waals surface area contributed by atoms with E-state index in [-0.39, 0.29) is 11.7 Å². The van der Waals surface area contributed by atoms with Gasteiger partial charge in [-0.2, -0.15) is 0 Å². The number of benzene rings is 2. The first-order chi connectivity index (χ1) is 9.60. The number of nitrogens with one attached hydrogen (secondary N) is 1. The second-order valence-corrected chi connectivity index (χ2v) is 5.11. The fourth-order valence-electron chi connectivity index (χ4n) is 1.77. The van der Waals surface area contributed by atoms with E-state index in [1.165, 1.54) is 7.11 Å². The normalized spacial score (nSPS) is 10.1. The van der Waals surface area contributed by atoms with E-state index in [2.05, 4.69) is 26.0 Å². The molecule has 0 amide bonds. The molecule has 0 aliphatic rings. The molecule has 0 aliphatic heterocycles. The van der Waals surface area contributed by atoms with Gasteiger partial charge in [0.25, 0.3) is 0 Å². The molecule has 0 radical (unpaired) electrons. The molecule has 0 bridgehead atoms. The van der Waals surface area contributed by atoms with Crippen molar-refractivity contribution in [1.82, 2.24) is 0 Å². The molecule has 2 rings (SSSR count). The third-order valence-electron chi connectivity index (χ3n) is 2.81. The summed E-state index contributed by atoms with van der Waals surface area (Å²) in [7, 11) is 1.35. The van der Waals surface area contributed by atoms with Crippen molar-refractivity contribution in [1.29, 1.82) is 0 Å². The van der Waals surface area contributed by atoms with Gasteiger partial charge in [-0.25, -0.2) is 4.79 Å². The van der Waals surface area contributed by atoms with E-state index in [0.717, 1.165) is 15.7 Å². The number of rotatable bonds is 4. The highest BCUT2D eigenvalue weighted by molar-refractivity contribution is 9.10. The van der Waals surface area contributed by atoms with Gasteiger partial charge in [0, 0.05) is 22.3 Å². The number of carbonyl (C=O) groups is 1. The Bertz CT molecular complexity index is 628. The van der Waals surface area contributed by atoms with E-state index in [4.69, 9.17) is 0 Å². The van der Waals surface area contributed by atoms with Gasteiger partial charge in [0.05, 0.1) is 12.7 Å². The van der Waals surface area contributed by atoms with Crippen molar-refractivity contribution in [2.45, 2.75) is 6.54 Å². The third-order valence-corrected chi connectivity index (χ3v) is 3.30. The molecule has 104 valence electrons. The predicted octanol–water partition coefficient (Wildman–Crippen LogP) is 3.55. The van der Waals surface area contributed by atoms with Crippen molar-refractivity contribution in [3.05, 3.63) is 58.1 Å². The highest BCUT2D eigenvalue weighted by Crippen LogP contribution is 2.23. The Hall–Kier alpha value is -2.01. The van der Waals surface area contributed by atoms with E-state index in [1.54, 1.807) is 30.3 Å². The fraction of sp³-hybridized carbons (Fsp3) is 0.133. The number of methoxy groups -OCH3 is 1. The Morgan fingerprint density at radius 2 is 2.10 bits per heavy atom. The number of hydrogen-bond donors (Lipinski definition) is 2. The number of phenols is 1. The molecule has 0 fully saturated rings. The maximum atomic E-state index is 11.4. The zero-order valence-electron chi connectivity index (χ0n) is 10.9. The van der Waals surface area contributed by atoms with Gasteiger partial charge in [0.2, 0.25) is 0 Å². The van der Waals surface area contributed by atoms with Gasteiger partial charge in [0.1, 0.15) is 5.75 Å². The van der Waals surface area contributed by atoms with Crippen LogP contribution in [0.15, 0.2) is 46.9 Å². The number of carbonyl (C=O) groups excluding carboxylic acids is 1. The van der Waals surface area contributed by atoms with Crippen LogP contribution in [0.1, 0.15) is 15.9 Å². The molecule has 0 aliphatic carbocycles. The summed E-state index contributed by atoms with van der Waals surface area (Å²) >= 11 is 3.36. The van der Waals surface area contributed by atoms with Gasteiger partial charge in [-0.3, -0.25) is 0 Å². The molecule has 0 heterocycles. The molecular weight excluding hydrogens is 322 g/mol. The van der Waals surface area contributed by atoms with E-state index >= 15 is 0 Å². The smallest absolute Gasteiger partial charge is 0.337 e. The average Bonchev–Trinajstić information content (AvgIpc) is 2.47. The Morgan fingerprint density at radius 1 is 1.30 bits per heavy atom. The van der Waals surface area contributed by atoms with Crippen LogP contribution in [-0.2, 0) is 11.3 Å². The summed E-state index contributed by atoms with van der Waals surface area (Å²) in [6.07, 6.45) is 0. The molecule has 2 N–H and O–H groups in total. The molecule has 2 aromatic carbocycles. The first-order valence-corrected chi connectivity index (χ1v) is 6.79. The number of anilines is 1. The molecular formula is C15H14BrNO3. The lowest BCUT2D eigenvalue weighted by Crippen LogP contribution is -2.04. The van der Waals surface area contributed by atoms with Crippen LogP contribution < -0.4 is 5.32 Å². The van der Waals surface area contributed by atoms with Crippen molar-refractivity contribution in [3.63, 3.8) is 0 Å². The lowest BCUT2D eigenvalue weighted by Gasteiger charge is -2.09. The molecule has 4 nitrogen and oxygen atoms in total. The van der Waals surface area contributed by atoms with Gasteiger partial charge in [0.15, 0.2) is 0 Å². The predicted molar refractivity (Wildman–Crippen MR) is 80.9 cm³/mol. The van der Waals surface area contributed by atoms with Crippen LogP contribution in [0.5, 0.6) is 5.75 Å². The van der Waals surface area contributed by atoms with E-state index in [9.17, 15) is 9.90 Å². The molecule has 5 heteroatoms. The maximum Gasteiger partial charge on any atom is 0.337 e. The minimum atomic E-state index is -0.376. The molecule has 0 unspecified atom stereocenters. The SMILES string of the molecule is COC(=O)c1cccc(NCc2cc(Br)ccc2O)c1. The van der Waals surface area contributed by atoms with Crippen LogP contribution in [0.3, 0.4) is 0 Å². The summed E-state index contributed by atoms with van der Waals surface area (Å²) in [6.45, 7) is 0.454. The second-order valence-electron chi connectivity index (χ2n) is 4.20. The molecule has 0 atom stereocenters. The number of halogens is 1. The van der Waals surface area contributed by atoms with Crippen LogP contribution in [-0.4, -0.2) is 18.2 Å². The largest absolute Gasteiger partial charge is 0.508 e. The summed E-state index contributed by atoms with van der Waals surface area (Å²) in [4.78, 5) is 11.4. The Morgan fingerprint density at radius 3 is 2.85 bits per heavy atom. The zero-order chi connectivity index (χ0) is 14.5. The highest BCUT2D eigenvalue weighted by Gasteiger charge is 2.06. The van der Waals surface area contributed by atoms with Crippen molar-refractivity contribution in [2.75, 3.05) is 12.4 Å². The van der Waals surface area contributed by atoms with Gasteiger partial charge < -0.3 is 15.2 Å². The summed E-state index contributed by atoms with van der Waals surface area (Å²) in [5.41, 5.74) is 2.03. The quantitative estimate of drug-likeness (QED) is 0.839. The lowest BCUT2D eigenvalue weighted by molar-refractivity contribution is 0.0601. The van der Waals surface area contributed by atoms with E-state index in [1.807, 2.05) is 12.1 Å². The van der Waals surface area contributed by atoms with Crippen LogP contribution in [0.4, 0.5) is 5.69 Å². The molecule has 0 saturated carbocycles. The monoisotopic (exact) mass is 335 g/mol. The molecule has 0 saturated heterocycles. The molecule has 2 aromatic rings. The van der Waals surface area contributed by atoms with Gasteiger partial charge in [-0.05, 0) is 36.4 Å². The summed E-state index contributed by atoms with van der Waals surface area (Å²) < 4.78 is 5.57. The van der Waals surface area contributed by atoms with Crippen LogP contribution in [0.25, 0.3) is 0 Å². The Kier molecular flexibility index (Phi) is 4.63. The van der Waals surface area contributed by atoms with E-state index in [0.29, 0.717) is 12.1 Å². The number of aromatic hydroxyl groups is 1. The minimum absolute atomic E-state index is 0.227. The summed E-state index contributed by atoms with van der Waals surface area (Å²) in [5.74, 6) is -0.149. The van der Waals surface area contributed by atoms with Crippen molar-refractivity contribution < 1.29 is 14.6 Å². The van der Waals surface area contributed by atoms with Gasteiger partial charge in [-0.1, -0.05) is 22.0 Å². The highest BCUT2D eigenvalue weighted by atomic mass is 79.9. The summed E-state index contributed by atoms with van der Waals surface area (Å²) in [5, 5.41) is 12.9. The molecule has 0 spiro atoms. The molecule has 0 aromatic heterocycles. The van der Waals surface area contributed by atoms with Gasteiger partial charge >= 0.3 is 5.97 Å². The zero-order valence-corrected chi connectivity index (χ0v) is 12.5. The van der Waals surface area contributed by atoms with Crippen LogP contribution >= 0.6 is 15.9 Å². The number of ether oxygens (including phenoxy) is 1. The molecule has 20 heavy (non-hydrogen) atoms. The topological polar surface area (TPSA) is 58.6 Å². The fourth-order valence-corrected chi connectivity index (χ4v) is 2.18. The standard InChI is InChI=1S/C15H14BrNO3/c1-20-15(19)10-3-2-4-13(8-10)17-9-11-7-12(16)5-6-14(11)18/h2-8,17-18H,9H2,1H3. The average molecular weight is 336 g/mol. The van der Waals surface area contributed by atoms with Gasteiger partial charge in [-0.15, -0.1) is 0 Å². The Labute approximate surface area is 125 Å². The first-order valence-electron chi connectivity index (χ1n) is 6.00. The van der Waals surface area contributed by atoms with E-state index < -0.39 is 0 Å². The van der Waals surface area contributed by atoms with Crippen molar-refractivity contribution >= 4 is 27.6 Å². The minimum Gasteiger partial charge on any atom is -0.508 e. The maximum absolute atomic E-state index is 11.4. The number of phenolic OH excluding ortho intramolecular Hbond substituents is 1. The second kappa shape index (κ2) is 6.43. The van der Waals surface area contributed by atoms with Crippen LogP contribution in [0.2, 0.25) is 0 Å².